The zero-order chi connectivity index (χ0) is 20.4. The second kappa shape index (κ2) is 7.81. The van der Waals surface area contributed by atoms with Crippen LogP contribution in [0.25, 0.3) is 16.7 Å². The first kappa shape index (κ1) is 18.8. The number of hydrogen-bond acceptors (Lipinski definition) is 6. The number of allylic oxidation sites excluding steroid dienone is 1. The molecule has 144 valence electrons. The number of para-hydroxylation sites is 1. The number of nitrogens with zero attached hydrogens (tertiary/aromatic N) is 5. The summed E-state index contributed by atoms with van der Waals surface area (Å²) in [6.45, 7) is 4.09. The fourth-order valence-electron chi connectivity index (χ4n) is 3.20. The van der Waals surface area contributed by atoms with E-state index in [0.29, 0.717) is 39.9 Å². The maximum atomic E-state index is 12.8. The highest BCUT2D eigenvalue weighted by Crippen LogP contribution is 2.27. The molecule has 0 aliphatic rings. The standard InChI is InChI=1S/C21H17N5O2S/c1-3-10-25-19(27)16-6-4-5-7-17(16)26-20(25)23-24-21(26)29-13-14-8-9-18(28-2)15(11-14)12-22/h3-9,11H,1,10,13H2,2H3. The van der Waals surface area contributed by atoms with Crippen molar-refractivity contribution in [1.29, 1.82) is 5.26 Å². The van der Waals surface area contributed by atoms with Crippen molar-refractivity contribution in [3.8, 4) is 11.8 Å². The Morgan fingerprint density at radius 2 is 2.10 bits per heavy atom. The Balaban J connectivity index is 1.79. The van der Waals surface area contributed by atoms with Crippen LogP contribution in [0.2, 0.25) is 0 Å². The first-order chi connectivity index (χ1) is 14.2. The smallest absolute Gasteiger partial charge is 0.263 e. The van der Waals surface area contributed by atoms with Gasteiger partial charge in [-0.15, -0.1) is 16.8 Å². The summed E-state index contributed by atoms with van der Waals surface area (Å²) in [5, 5.41) is 19.1. The highest BCUT2D eigenvalue weighted by molar-refractivity contribution is 7.98. The monoisotopic (exact) mass is 403 g/mol. The fourth-order valence-corrected chi connectivity index (χ4v) is 4.08. The molecule has 0 saturated heterocycles. The van der Waals surface area contributed by atoms with Crippen LogP contribution in [-0.2, 0) is 12.3 Å². The maximum absolute atomic E-state index is 12.8. The topological polar surface area (TPSA) is 85.2 Å². The van der Waals surface area contributed by atoms with E-state index < -0.39 is 0 Å². The predicted molar refractivity (Wildman–Crippen MR) is 112 cm³/mol. The minimum absolute atomic E-state index is 0.120. The Labute approximate surface area is 170 Å². The average Bonchev–Trinajstić information content (AvgIpc) is 3.19. The van der Waals surface area contributed by atoms with Gasteiger partial charge >= 0.3 is 0 Å². The maximum Gasteiger partial charge on any atom is 0.263 e. The van der Waals surface area contributed by atoms with Gasteiger partial charge in [-0.05, 0) is 29.8 Å². The molecule has 29 heavy (non-hydrogen) atoms. The van der Waals surface area contributed by atoms with Gasteiger partial charge in [0.05, 0.1) is 23.6 Å². The molecule has 0 atom stereocenters. The van der Waals surface area contributed by atoms with Crippen LogP contribution in [0.1, 0.15) is 11.1 Å². The molecule has 0 amide bonds. The molecule has 2 aromatic heterocycles. The molecule has 8 heteroatoms. The molecule has 0 fully saturated rings. The van der Waals surface area contributed by atoms with Gasteiger partial charge in [-0.2, -0.15) is 5.26 Å². The van der Waals surface area contributed by atoms with Gasteiger partial charge in [-0.1, -0.05) is 36.0 Å². The van der Waals surface area contributed by atoms with Crippen LogP contribution in [-0.4, -0.2) is 26.3 Å². The second-order valence-electron chi connectivity index (χ2n) is 6.27. The lowest BCUT2D eigenvalue weighted by Crippen LogP contribution is -2.22. The summed E-state index contributed by atoms with van der Waals surface area (Å²) in [4.78, 5) is 12.8. The fraction of sp³-hybridized carbons (Fsp3) is 0.143. The van der Waals surface area contributed by atoms with Crippen molar-refractivity contribution in [2.75, 3.05) is 7.11 Å². The summed E-state index contributed by atoms with van der Waals surface area (Å²) in [5.41, 5.74) is 2.09. The molecule has 0 unspecified atom stereocenters. The summed E-state index contributed by atoms with van der Waals surface area (Å²) in [7, 11) is 1.54. The van der Waals surface area contributed by atoms with Crippen molar-refractivity contribution in [3.63, 3.8) is 0 Å². The average molecular weight is 403 g/mol. The van der Waals surface area contributed by atoms with Crippen LogP contribution in [0.4, 0.5) is 0 Å². The van der Waals surface area contributed by atoms with Gasteiger partial charge in [0.1, 0.15) is 11.8 Å². The molecule has 0 aliphatic carbocycles. The van der Waals surface area contributed by atoms with Crippen molar-refractivity contribution in [3.05, 3.63) is 76.6 Å². The van der Waals surface area contributed by atoms with E-state index in [4.69, 9.17) is 4.74 Å². The van der Waals surface area contributed by atoms with E-state index in [1.165, 1.54) is 11.8 Å². The summed E-state index contributed by atoms with van der Waals surface area (Å²) < 4.78 is 8.65. The van der Waals surface area contributed by atoms with Gasteiger partial charge in [-0.3, -0.25) is 13.8 Å². The van der Waals surface area contributed by atoms with E-state index in [0.717, 1.165) is 11.1 Å². The number of ether oxygens (including phenoxy) is 1. The lowest BCUT2D eigenvalue weighted by Gasteiger charge is -2.10. The number of thioether (sulfide) groups is 1. The highest BCUT2D eigenvalue weighted by atomic mass is 32.2. The Morgan fingerprint density at radius 3 is 2.86 bits per heavy atom. The Bertz CT molecular complexity index is 1330. The molecule has 7 nitrogen and oxygen atoms in total. The quantitative estimate of drug-likeness (QED) is 0.362. The van der Waals surface area contributed by atoms with E-state index >= 15 is 0 Å². The molecule has 0 spiro atoms. The van der Waals surface area contributed by atoms with Gasteiger partial charge in [0.2, 0.25) is 5.78 Å². The van der Waals surface area contributed by atoms with E-state index in [-0.39, 0.29) is 5.56 Å². The zero-order valence-electron chi connectivity index (χ0n) is 15.7. The third-order valence-corrected chi connectivity index (χ3v) is 5.54. The Hall–Kier alpha value is -3.57. The van der Waals surface area contributed by atoms with Crippen molar-refractivity contribution < 1.29 is 4.74 Å². The van der Waals surface area contributed by atoms with Crippen LogP contribution >= 0.6 is 11.8 Å². The predicted octanol–water partition coefficient (Wildman–Crippen LogP) is 3.40. The number of rotatable bonds is 6. The summed E-state index contributed by atoms with van der Waals surface area (Å²) in [5.74, 6) is 1.62. The molecular formula is C21H17N5O2S. The molecule has 4 aromatic rings. The van der Waals surface area contributed by atoms with Gasteiger partial charge < -0.3 is 4.74 Å². The first-order valence-electron chi connectivity index (χ1n) is 8.85. The molecule has 2 aromatic carbocycles. The minimum Gasteiger partial charge on any atom is -0.495 e. The third kappa shape index (κ3) is 3.26. The number of fused-ring (bicyclic) bond motifs is 3. The molecule has 0 N–H and O–H groups in total. The second-order valence-corrected chi connectivity index (χ2v) is 7.22. The number of hydrogen-bond donors (Lipinski definition) is 0. The summed E-state index contributed by atoms with van der Waals surface area (Å²) >= 11 is 1.49. The van der Waals surface area contributed by atoms with Crippen LogP contribution in [0.5, 0.6) is 5.75 Å². The van der Waals surface area contributed by atoms with Crippen molar-refractivity contribution in [2.24, 2.45) is 0 Å². The van der Waals surface area contributed by atoms with Crippen molar-refractivity contribution in [2.45, 2.75) is 17.5 Å². The van der Waals surface area contributed by atoms with Crippen LogP contribution in [0, 0.1) is 11.3 Å². The van der Waals surface area contributed by atoms with Crippen LogP contribution in [0.15, 0.2) is 65.1 Å². The minimum atomic E-state index is -0.120. The van der Waals surface area contributed by atoms with Crippen molar-refractivity contribution in [1.82, 2.24) is 19.2 Å². The van der Waals surface area contributed by atoms with Gasteiger partial charge in [0.25, 0.3) is 5.56 Å². The number of benzene rings is 2. The third-order valence-electron chi connectivity index (χ3n) is 4.54. The molecule has 0 bridgehead atoms. The molecule has 2 heterocycles. The molecule has 4 rings (SSSR count). The first-order valence-corrected chi connectivity index (χ1v) is 9.84. The SMILES string of the molecule is C=CCn1c(=O)c2ccccc2n2c(SCc3ccc(OC)c(C#N)c3)nnc12. The van der Waals surface area contributed by atoms with Crippen molar-refractivity contribution >= 4 is 28.4 Å². The normalized spacial score (nSPS) is 10.9. The number of methoxy groups -OCH3 is 1. The van der Waals surface area contributed by atoms with Crippen LogP contribution < -0.4 is 10.3 Å². The molecule has 0 saturated carbocycles. The molecule has 0 aliphatic heterocycles. The van der Waals surface area contributed by atoms with E-state index in [1.54, 1.807) is 36.0 Å². The number of nitriles is 1. The lowest BCUT2D eigenvalue weighted by molar-refractivity contribution is 0.413. The number of aromatic nitrogens is 4. The van der Waals surface area contributed by atoms with E-state index in [1.807, 2.05) is 28.7 Å². The van der Waals surface area contributed by atoms with Gasteiger partial charge in [0, 0.05) is 12.3 Å². The summed E-state index contributed by atoms with van der Waals surface area (Å²) in [6, 6.07) is 15.1. The summed E-state index contributed by atoms with van der Waals surface area (Å²) in [6.07, 6.45) is 1.67. The van der Waals surface area contributed by atoms with Crippen LogP contribution in [0.3, 0.4) is 0 Å². The van der Waals surface area contributed by atoms with E-state index in [9.17, 15) is 10.1 Å². The zero-order valence-corrected chi connectivity index (χ0v) is 16.5. The Morgan fingerprint density at radius 1 is 1.28 bits per heavy atom. The lowest BCUT2D eigenvalue weighted by atomic mass is 10.1. The Kier molecular flexibility index (Phi) is 5.06. The largest absolute Gasteiger partial charge is 0.495 e. The highest BCUT2D eigenvalue weighted by Gasteiger charge is 2.16. The van der Waals surface area contributed by atoms with Gasteiger partial charge in [-0.25, -0.2) is 0 Å². The molecule has 0 radical (unpaired) electrons. The van der Waals surface area contributed by atoms with E-state index in [2.05, 4.69) is 22.8 Å². The molecular weight excluding hydrogens is 386 g/mol. The van der Waals surface area contributed by atoms with Gasteiger partial charge in [0.15, 0.2) is 5.16 Å².